The van der Waals surface area contributed by atoms with Crippen molar-refractivity contribution in [2.45, 2.75) is 284 Å². The summed E-state index contributed by atoms with van der Waals surface area (Å²) in [6.07, 6.45) is 66.3. The maximum absolute atomic E-state index is 12.8. The highest BCUT2D eigenvalue weighted by molar-refractivity contribution is 5.71. The lowest BCUT2D eigenvalue weighted by molar-refractivity contribution is -0.167. The first-order valence-corrected chi connectivity index (χ1v) is 27.8. The molecule has 0 aromatic carbocycles. The van der Waals surface area contributed by atoms with Crippen LogP contribution in [0.2, 0.25) is 0 Å². The maximum atomic E-state index is 12.8. The van der Waals surface area contributed by atoms with Gasteiger partial charge in [-0.05, 0) is 103 Å². The van der Waals surface area contributed by atoms with E-state index in [4.69, 9.17) is 14.2 Å². The fourth-order valence-corrected chi connectivity index (χ4v) is 7.72. The molecule has 65 heavy (non-hydrogen) atoms. The molecule has 1 atom stereocenters. The van der Waals surface area contributed by atoms with E-state index >= 15 is 0 Å². The van der Waals surface area contributed by atoms with Gasteiger partial charge in [-0.15, -0.1) is 0 Å². The van der Waals surface area contributed by atoms with Gasteiger partial charge in [-0.2, -0.15) is 0 Å². The summed E-state index contributed by atoms with van der Waals surface area (Å²) in [6.45, 7) is 6.56. The smallest absolute Gasteiger partial charge is 0.306 e. The molecular weight excluding hydrogens is 805 g/mol. The number of carbonyl (C=O) groups excluding carboxylic acids is 3. The molecule has 0 fully saturated rings. The van der Waals surface area contributed by atoms with Crippen molar-refractivity contribution in [3.8, 4) is 0 Å². The molecule has 376 valence electrons. The Morgan fingerprint density at radius 3 is 0.938 bits per heavy atom. The summed E-state index contributed by atoms with van der Waals surface area (Å²) >= 11 is 0. The molecule has 0 aliphatic carbocycles. The molecular formula is C59H104O6. The van der Waals surface area contributed by atoms with Gasteiger partial charge in [-0.3, -0.25) is 14.4 Å². The zero-order valence-electron chi connectivity index (χ0n) is 43.0. The van der Waals surface area contributed by atoms with Crippen molar-refractivity contribution in [3.63, 3.8) is 0 Å². The van der Waals surface area contributed by atoms with Gasteiger partial charge in [0.1, 0.15) is 13.2 Å². The molecule has 0 aliphatic rings. The molecule has 0 heterocycles. The van der Waals surface area contributed by atoms with Crippen LogP contribution in [0.5, 0.6) is 0 Å². The number of rotatable bonds is 50. The van der Waals surface area contributed by atoms with Crippen LogP contribution < -0.4 is 0 Å². The molecule has 0 saturated heterocycles. The van der Waals surface area contributed by atoms with E-state index < -0.39 is 6.10 Å². The lowest BCUT2D eigenvalue weighted by atomic mass is 10.1. The number of hydrogen-bond donors (Lipinski definition) is 0. The summed E-state index contributed by atoms with van der Waals surface area (Å²) in [5, 5.41) is 0. The van der Waals surface area contributed by atoms with Gasteiger partial charge in [0.2, 0.25) is 0 Å². The van der Waals surface area contributed by atoms with Gasteiger partial charge in [0.05, 0.1) is 0 Å². The molecule has 0 radical (unpaired) electrons. The minimum atomic E-state index is -0.788. The average molecular weight is 909 g/mol. The van der Waals surface area contributed by atoms with E-state index in [1.807, 2.05) is 0 Å². The topological polar surface area (TPSA) is 78.9 Å². The van der Waals surface area contributed by atoms with E-state index in [0.29, 0.717) is 19.3 Å². The zero-order chi connectivity index (χ0) is 47.2. The number of ether oxygens (including phenoxy) is 3. The Morgan fingerprint density at radius 1 is 0.308 bits per heavy atom. The third kappa shape index (κ3) is 51.9. The van der Waals surface area contributed by atoms with Crippen LogP contribution in [-0.4, -0.2) is 37.2 Å². The van der Waals surface area contributed by atoms with Crippen LogP contribution in [0.25, 0.3) is 0 Å². The molecule has 1 unspecified atom stereocenters. The van der Waals surface area contributed by atoms with Crippen molar-refractivity contribution in [2.24, 2.45) is 0 Å². The summed E-state index contributed by atoms with van der Waals surface area (Å²) < 4.78 is 16.8. The van der Waals surface area contributed by atoms with Crippen molar-refractivity contribution in [1.82, 2.24) is 0 Å². The Bertz CT molecular complexity index is 1180. The maximum Gasteiger partial charge on any atom is 0.306 e. The zero-order valence-corrected chi connectivity index (χ0v) is 43.0. The summed E-state index contributed by atoms with van der Waals surface area (Å²) in [7, 11) is 0. The molecule has 0 saturated carbocycles. The second-order valence-electron chi connectivity index (χ2n) is 18.5. The summed E-state index contributed by atoms with van der Waals surface area (Å²) in [6, 6.07) is 0. The quantitative estimate of drug-likeness (QED) is 0.0262. The average Bonchev–Trinajstić information content (AvgIpc) is 3.30. The van der Waals surface area contributed by atoms with Gasteiger partial charge in [-0.1, -0.05) is 216 Å². The van der Waals surface area contributed by atoms with E-state index in [-0.39, 0.29) is 31.1 Å². The predicted octanol–water partition coefficient (Wildman–Crippen LogP) is 18.4. The largest absolute Gasteiger partial charge is 0.462 e. The van der Waals surface area contributed by atoms with Gasteiger partial charge in [0, 0.05) is 19.3 Å². The highest BCUT2D eigenvalue weighted by Crippen LogP contribution is 2.14. The number of unbranched alkanes of at least 4 members (excludes halogenated alkanes) is 29. The Balaban J connectivity index is 4.40. The summed E-state index contributed by atoms with van der Waals surface area (Å²) in [4.78, 5) is 38.1. The molecule has 0 amide bonds. The lowest BCUT2D eigenvalue weighted by Crippen LogP contribution is -2.30. The molecule has 0 N–H and O–H groups in total. The monoisotopic (exact) mass is 909 g/mol. The number of carbonyl (C=O) groups is 3. The SMILES string of the molecule is CCCC/C=C\C/C=C\CCCCCCCC(=O)OCC(COC(=O)CCCCCCCCC/C=C\CCCCCCCCC)OC(=O)CCCCCCC/C=C\C/C=C\CCCCC. The summed E-state index contributed by atoms with van der Waals surface area (Å²) in [5.74, 6) is -0.911. The first kappa shape index (κ1) is 62.1. The van der Waals surface area contributed by atoms with Crippen LogP contribution in [0.15, 0.2) is 60.8 Å². The standard InChI is InChI=1S/C59H104O6/c1-4-7-10-13-16-19-22-25-28-29-30-32-34-37-40-43-46-49-52-58(61)64-55-56(54-63-57(60)51-48-45-42-39-36-33-27-24-21-18-15-12-9-6-3)65-59(62)53-50-47-44-41-38-35-31-26-23-20-17-14-11-8-5-2/h15,17-18,20,24,26-29,31,56H,4-14,16,19,21-23,25,30,32-55H2,1-3H3/b18-15-,20-17-,27-24-,29-28-,31-26-. The van der Waals surface area contributed by atoms with Crippen molar-refractivity contribution >= 4 is 17.9 Å². The van der Waals surface area contributed by atoms with E-state index in [0.717, 1.165) is 103 Å². The highest BCUT2D eigenvalue weighted by Gasteiger charge is 2.19. The van der Waals surface area contributed by atoms with Crippen LogP contribution in [0.4, 0.5) is 0 Å². The normalized spacial score (nSPS) is 12.5. The minimum absolute atomic E-state index is 0.0862. The molecule has 0 aromatic rings. The lowest BCUT2D eigenvalue weighted by Gasteiger charge is -2.18. The molecule has 0 aliphatic heterocycles. The second kappa shape index (κ2) is 53.7. The third-order valence-electron chi connectivity index (χ3n) is 12.0. The van der Waals surface area contributed by atoms with Crippen LogP contribution in [0.1, 0.15) is 278 Å². The molecule has 6 nitrogen and oxygen atoms in total. The Hall–Kier alpha value is -2.89. The van der Waals surface area contributed by atoms with Gasteiger partial charge < -0.3 is 14.2 Å². The third-order valence-corrected chi connectivity index (χ3v) is 12.0. The van der Waals surface area contributed by atoms with Gasteiger partial charge in [0.15, 0.2) is 6.10 Å². The van der Waals surface area contributed by atoms with E-state index in [1.165, 1.54) is 135 Å². The second-order valence-corrected chi connectivity index (χ2v) is 18.5. The number of allylic oxidation sites excluding steroid dienone is 10. The number of esters is 3. The molecule has 0 spiro atoms. The van der Waals surface area contributed by atoms with Crippen molar-refractivity contribution in [3.05, 3.63) is 60.8 Å². The van der Waals surface area contributed by atoms with Crippen LogP contribution in [0, 0.1) is 0 Å². The Kier molecular flexibility index (Phi) is 51.3. The van der Waals surface area contributed by atoms with E-state index in [2.05, 4.69) is 81.5 Å². The summed E-state index contributed by atoms with van der Waals surface area (Å²) in [5.41, 5.74) is 0. The number of hydrogen-bond acceptors (Lipinski definition) is 6. The Morgan fingerprint density at radius 2 is 0.569 bits per heavy atom. The van der Waals surface area contributed by atoms with Crippen LogP contribution in [0.3, 0.4) is 0 Å². The predicted molar refractivity (Wildman–Crippen MR) is 279 cm³/mol. The fourth-order valence-electron chi connectivity index (χ4n) is 7.72. The van der Waals surface area contributed by atoms with Crippen molar-refractivity contribution in [2.75, 3.05) is 13.2 Å². The van der Waals surface area contributed by atoms with Gasteiger partial charge >= 0.3 is 17.9 Å². The van der Waals surface area contributed by atoms with Gasteiger partial charge in [0.25, 0.3) is 0 Å². The highest BCUT2D eigenvalue weighted by atomic mass is 16.6. The molecule has 0 rings (SSSR count). The molecule has 6 heteroatoms. The Labute approximate surface area is 402 Å². The first-order chi connectivity index (χ1) is 32.0. The van der Waals surface area contributed by atoms with E-state index in [1.54, 1.807) is 0 Å². The van der Waals surface area contributed by atoms with Crippen molar-refractivity contribution < 1.29 is 28.6 Å². The van der Waals surface area contributed by atoms with Crippen molar-refractivity contribution in [1.29, 1.82) is 0 Å². The first-order valence-electron chi connectivity index (χ1n) is 27.8. The van der Waals surface area contributed by atoms with Gasteiger partial charge in [-0.25, -0.2) is 0 Å². The molecule has 0 aromatic heterocycles. The van der Waals surface area contributed by atoms with E-state index in [9.17, 15) is 14.4 Å². The van der Waals surface area contributed by atoms with Crippen LogP contribution in [-0.2, 0) is 28.6 Å². The fraction of sp³-hybridized carbons (Fsp3) is 0.780. The molecule has 0 bridgehead atoms. The minimum Gasteiger partial charge on any atom is -0.462 e. The van der Waals surface area contributed by atoms with Crippen LogP contribution >= 0.6 is 0 Å².